The van der Waals surface area contributed by atoms with Crippen LogP contribution in [0.1, 0.15) is 24.2 Å². The van der Waals surface area contributed by atoms with Crippen molar-refractivity contribution in [3.63, 3.8) is 0 Å². The zero-order chi connectivity index (χ0) is 22.3. The van der Waals surface area contributed by atoms with Crippen molar-refractivity contribution >= 4 is 50.6 Å². The highest BCUT2D eigenvalue weighted by Crippen LogP contribution is 2.14. The van der Waals surface area contributed by atoms with Crippen molar-refractivity contribution < 1.29 is 27.5 Å². The SMILES string of the molecule is CC(C)OC(=O)c1cccc(NC(=O)CS(=O)(=O)CC(=O)Nc2ccc(Cl)cc2)c1. The number of hydrogen-bond acceptors (Lipinski definition) is 6. The van der Waals surface area contributed by atoms with Crippen LogP contribution in [-0.2, 0) is 24.2 Å². The van der Waals surface area contributed by atoms with E-state index in [1.807, 2.05) is 0 Å². The summed E-state index contributed by atoms with van der Waals surface area (Å²) in [6.45, 7) is 3.41. The first-order valence-corrected chi connectivity index (χ1v) is 11.1. The van der Waals surface area contributed by atoms with Crippen LogP contribution < -0.4 is 10.6 Å². The fourth-order valence-corrected chi connectivity index (χ4v) is 3.56. The molecule has 0 fully saturated rings. The Bertz CT molecular complexity index is 1040. The van der Waals surface area contributed by atoms with Crippen molar-refractivity contribution in [2.45, 2.75) is 20.0 Å². The second-order valence-corrected chi connectivity index (χ2v) is 9.17. The van der Waals surface area contributed by atoms with Gasteiger partial charge in [0.05, 0.1) is 11.7 Å². The fourth-order valence-electron chi connectivity index (χ4n) is 2.38. The van der Waals surface area contributed by atoms with Gasteiger partial charge >= 0.3 is 5.97 Å². The molecular weight excluding hydrogens is 432 g/mol. The van der Waals surface area contributed by atoms with Crippen LogP contribution in [0.2, 0.25) is 5.02 Å². The molecule has 0 aliphatic heterocycles. The maximum Gasteiger partial charge on any atom is 0.338 e. The fraction of sp³-hybridized carbons (Fsp3) is 0.250. The molecule has 0 unspecified atom stereocenters. The monoisotopic (exact) mass is 452 g/mol. The minimum Gasteiger partial charge on any atom is -0.459 e. The number of halogens is 1. The Balaban J connectivity index is 1.93. The van der Waals surface area contributed by atoms with Gasteiger partial charge in [0.25, 0.3) is 0 Å². The molecule has 0 heterocycles. The quantitative estimate of drug-likeness (QED) is 0.594. The summed E-state index contributed by atoms with van der Waals surface area (Å²) in [6.07, 6.45) is -0.306. The molecule has 0 aliphatic carbocycles. The number of nitrogens with one attached hydrogen (secondary N) is 2. The average Bonchev–Trinajstić information content (AvgIpc) is 2.62. The van der Waals surface area contributed by atoms with Gasteiger partial charge in [-0.1, -0.05) is 17.7 Å². The summed E-state index contributed by atoms with van der Waals surface area (Å²) in [4.78, 5) is 36.0. The van der Waals surface area contributed by atoms with Crippen molar-refractivity contribution in [1.82, 2.24) is 0 Å². The van der Waals surface area contributed by atoms with E-state index in [-0.39, 0.29) is 17.4 Å². The van der Waals surface area contributed by atoms with E-state index in [1.165, 1.54) is 36.4 Å². The van der Waals surface area contributed by atoms with Crippen LogP contribution in [0.3, 0.4) is 0 Å². The number of hydrogen-bond donors (Lipinski definition) is 2. The lowest BCUT2D eigenvalue weighted by molar-refractivity contribution is -0.114. The predicted molar refractivity (Wildman–Crippen MR) is 114 cm³/mol. The lowest BCUT2D eigenvalue weighted by Gasteiger charge is -2.10. The van der Waals surface area contributed by atoms with Crippen molar-refractivity contribution in [3.8, 4) is 0 Å². The van der Waals surface area contributed by atoms with Gasteiger partial charge in [-0.15, -0.1) is 0 Å². The van der Waals surface area contributed by atoms with E-state index in [9.17, 15) is 22.8 Å². The van der Waals surface area contributed by atoms with Crippen LogP contribution in [0.25, 0.3) is 0 Å². The molecule has 0 saturated carbocycles. The summed E-state index contributed by atoms with van der Waals surface area (Å²) in [6, 6.07) is 12.1. The molecule has 30 heavy (non-hydrogen) atoms. The Kier molecular flexibility index (Phi) is 7.96. The summed E-state index contributed by atoms with van der Waals surface area (Å²) in [5.74, 6) is -3.91. The van der Waals surface area contributed by atoms with E-state index in [1.54, 1.807) is 26.0 Å². The van der Waals surface area contributed by atoms with Gasteiger partial charge in [-0.2, -0.15) is 0 Å². The highest BCUT2D eigenvalue weighted by Gasteiger charge is 2.21. The molecule has 2 amide bonds. The summed E-state index contributed by atoms with van der Waals surface area (Å²) in [5, 5.41) is 5.30. The molecule has 2 rings (SSSR count). The smallest absolute Gasteiger partial charge is 0.338 e. The minimum absolute atomic E-state index is 0.215. The van der Waals surface area contributed by atoms with E-state index in [0.717, 1.165) is 0 Å². The van der Waals surface area contributed by atoms with Gasteiger partial charge in [0.15, 0.2) is 9.84 Å². The maximum atomic E-state index is 12.2. The maximum absolute atomic E-state index is 12.2. The second kappa shape index (κ2) is 10.2. The zero-order valence-electron chi connectivity index (χ0n) is 16.3. The molecule has 0 spiro atoms. The summed E-state index contributed by atoms with van der Waals surface area (Å²) in [7, 11) is -4.01. The Morgan fingerprint density at radius 2 is 1.50 bits per heavy atom. The number of ether oxygens (including phenoxy) is 1. The number of carbonyl (C=O) groups excluding carboxylic acids is 3. The Hall–Kier alpha value is -2.91. The van der Waals surface area contributed by atoms with Crippen LogP contribution in [0.15, 0.2) is 48.5 Å². The Morgan fingerprint density at radius 1 is 0.933 bits per heavy atom. The summed E-state index contributed by atoms with van der Waals surface area (Å²) < 4.78 is 29.4. The Morgan fingerprint density at radius 3 is 2.07 bits per heavy atom. The summed E-state index contributed by atoms with van der Waals surface area (Å²) >= 11 is 5.75. The summed E-state index contributed by atoms with van der Waals surface area (Å²) in [5.41, 5.74) is 0.833. The molecule has 10 heteroatoms. The van der Waals surface area contributed by atoms with Gasteiger partial charge in [0, 0.05) is 16.4 Å². The second-order valence-electron chi connectivity index (χ2n) is 6.67. The number of anilines is 2. The lowest BCUT2D eigenvalue weighted by Crippen LogP contribution is -2.30. The van der Waals surface area contributed by atoms with Gasteiger partial charge in [0.2, 0.25) is 11.8 Å². The van der Waals surface area contributed by atoms with Crippen LogP contribution in [-0.4, -0.2) is 43.8 Å². The third-order valence-corrected chi connectivity index (χ3v) is 5.21. The topological polar surface area (TPSA) is 119 Å². The first-order valence-electron chi connectivity index (χ1n) is 8.91. The number of carbonyl (C=O) groups is 3. The largest absolute Gasteiger partial charge is 0.459 e. The molecule has 0 bridgehead atoms. The molecule has 2 N–H and O–H groups in total. The molecule has 0 atom stereocenters. The normalized spacial score (nSPS) is 11.1. The number of rotatable bonds is 8. The first-order chi connectivity index (χ1) is 14.0. The average molecular weight is 453 g/mol. The van der Waals surface area contributed by atoms with Crippen LogP contribution in [0.5, 0.6) is 0 Å². The van der Waals surface area contributed by atoms with Gasteiger partial charge in [0.1, 0.15) is 11.5 Å². The highest BCUT2D eigenvalue weighted by atomic mass is 35.5. The van der Waals surface area contributed by atoms with Crippen LogP contribution in [0.4, 0.5) is 11.4 Å². The van der Waals surface area contributed by atoms with E-state index >= 15 is 0 Å². The first kappa shape index (κ1) is 23.4. The van der Waals surface area contributed by atoms with E-state index in [4.69, 9.17) is 16.3 Å². The number of sulfone groups is 1. The molecule has 160 valence electrons. The molecule has 0 aromatic heterocycles. The number of esters is 1. The molecular formula is C20H21ClN2O6S. The molecule has 2 aromatic rings. The van der Waals surface area contributed by atoms with Crippen LogP contribution in [0, 0.1) is 0 Å². The van der Waals surface area contributed by atoms with E-state index in [0.29, 0.717) is 10.7 Å². The molecule has 0 aliphatic rings. The van der Waals surface area contributed by atoms with Crippen molar-refractivity contribution in [2.75, 3.05) is 22.1 Å². The van der Waals surface area contributed by atoms with Crippen molar-refractivity contribution in [3.05, 3.63) is 59.1 Å². The molecule has 2 aromatic carbocycles. The van der Waals surface area contributed by atoms with Crippen molar-refractivity contribution in [1.29, 1.82) is 0 Å². The lowest BCUT2D eigenvalue weighted by atomic mass is 10.2. The van der Waals surface area contributed by atoms with Gasteiger partial charge in [-0.25, -0.2) is 13.2 Å². The van der Waals surface area contributed by atoms with E-state index < -0.39 is 39.1 Å². The van der Waals surface area contributed by atoms with Crippen molar-refractivity contribution in [2.24, 2.45) is 0 Å². The third kappa shape index (κ3) is 7.84. The van der Waals surface area contributed by atoms with Gasteiger partial charge < -0.3 is 15.4 Å². The number of amides is 2. The van der Waals surface area contributed by atoms with Gasteiger partial charge in [-0.3, -0.25) is 9.59 Å². The van der Waals surface area contributed by atoms with Crippen LogP contribution >= 0.6 is 11.6 Å². The third-order valence-electron chi connectivity index (χ3n) is 3.55. The predicted octanol–water partition coefficient (Wildman–Crippen LogP) is 2.90. The number of benzene rings is 2. The molecule has 0 radical (unpaired) electrons. The standard InChI is InChI=1S/C20H21ClN2O6S/c1-13(2)29-20(26)14-4-3-5-17(10-14)23-19(25)12-30(27,28)11-18(24)22-16-8-6-15(21)7-9-16/h3-10,13H,11-12H2,1-2H3,(H,22,24)(H,23,25). The molecule has 0 saturated heterocycles. The van der Waals surface area contributed by atoms with E-state index in [2.05, 4.69) is 10.6 Å². The highest BCUT2D eigenvalue weighted by molar-refractivity contribution is 7.92. The zero-order valence-corrected chi connectivity index (χ0v) is 17.9. The molecule has 8 nitrogen and oxygen atoms in total. The Labute approximate surface area is 179 Å². The van der Waals surface area contributed by atoms with Gasteiger partial charge in [-0.05, 0) is 56.3 Å². The minimum atomic E-state index is -4.01.